The van der Waals surface area contributed by atoms with Crippen LogP contribution in [0.4, 0.5) is 38.0 Å². The fourth-order valence-corrected chi connectivity index (χ4v) is 2.67. The Balaban J connectivity index is 1.97. The van der Waals surface area contributed by atoms with E-state index >= 15 is 0 Å². The van der Waals surface area contributed by atoms with Gasteiger partial charge in [0.2, 0.25) is 5.95 Å². The normalized spacial score (nSPS) is 12.0. The van der Waals surface area contributed by atoms with Crippen LogP contribution in [0.5, 0.6) is 5.75 Å². The Hall–Kier alpha value is -3.21. The lowest BCUT2D eigenvalue weighted by Crippen LogP contribution is -2.27. The smallest absolute Gasteiger partial charge is 0.406 e. The molecule has 0 radical (unpaired) electrons. The van der Waals surface area contributed by atoms with E-state index < -0.39 is 35.5 Å². The maximum Gasteiger partial charge on any atom is 0.573 e. The summed E-state index contributed by atoms with van der Waals surface area (Å²) in [5, 5.41) is 2.97. The van der Waals surface area contributed by atoms with E-state index in [-0.39, 0.29) is 12.2 Å². The first kappa shape index (κ1) is 22.5. The van der Waals surface area contributed by atoms with Gasteiger partial charge in [0.15, 0.2) is 5.69 Å². The minimum atomic E-state index is -4.89. The summed E-state index contributed by atoms with van der Waals surface area (Å²) in [5.74, 6) is -0.965. The van der Waals surface area contributed by atoms with Gasteiger partial charge in [-0.3, -0.25) is 9.36 Å². The molecular formula is C19H12ClF6N3O2. The fraction of sp³-hybridized carbons (Fsp3) is 0.158. The summed E-state index contributed by atoms with van der Waals surface area (Å²) in [4.78, 5) is 15.9. The highest BCUT2D eigenvalue weighted by molar-refractivity contribution is 6.30. The van der Waals surface area contributed by atoms with Crippen molar-refractivity contribution >= 4 is 23.2 Å². The third kappa shape index (κ3) is 6.14. The lowest BCUT2D eigenvalue weighted by atomic mass is 10.2. The van der Waals surface area contributed by atoms with Crippen molar-refractivity contribution in [3.05, 3.63) is 81.2 Å². The van der Waals surface area contributed by atoms with E-state index in [0.29, 0.717) is 16.7 Å². The zero-order chi connectivity index (χ0) is 22.8. The summed E-state index contributed by atoms with van der Waals surface area (Å²) < 4.78 is 80.9. The minimum Gasteiger partial charge on any atom is -0.406 e. The van der Waals surface area contributed by atoms with Gasteiger partial charge >= 0.3 is 12.5 Å². The van der Waals surface area contributed by atoms with Gasteiger partial charge in [0.25, 0.3) is 5.56 Å². The summed E-state index contributed by atoms with van der Waals surface area (Å²) in [6.07, 6.45) is -9.77. The predicted molar refractivity (Wildman–Crippen MR) is 100 cm³/mol. The number of aromatic nitrogens is 2. The molecule has 0 saturated heterocycles. The molecule has 5 nitrogen and oxygen atoms in total. The molecule has 3 rings (SSSR count). The molecule has 0 unspecified atom stereocenters. The molecule has 0 bridgehead atoms. The third-order valence-electron chi connectivity index (χ3n) is 3.90. The van der Waals surface area contributed by atoms with Gasteiger partial charge in [-0.05, 0) is 42.0 Å². The highest BCUT2D eigenvalue weighted by atomic mass is 35.5. The van der Waals surface area contributed by atoms with Crippen molar-refractivity contribution in [3.63, 3.8) is 0 Å². The molecule has 2 aromatic carbocycles. The largest absolute Gasteiger partial charge is 0.573 e. The molecule has 0 aliphatic heterocycles. The van der Waals surface area contributed by atoms with Crippen LogP contribution in [-0.2, 0) is 12.7 Å². The van der Waals surface area contributed by atoms with Crippen LogP contribution in [0.25, 0.3) is 0 Å². The van der Waals surface area contributed by atoms with E-state index in [9.17, 15) is 31.1 Å². The van der Waals surface area contributed by atoms with Crippen molar-refractivity contribution in [1.29, 1.82) is 0 Å². The number of ether oxygens (including phenoxy) is 1. The summed E-state index contributed by atoms with van der Waals surface area (Å²) in [5.41, 5.74) is -1.74. The first-order valence-corrected chi connectivity index (χ1v) is 8.85. The van der Waals surface area contributed by atoms with Crippen molar-refractivity contribution < 1.29 is 31.1 Å². The molecular weight excluding hydrogens is 452 g/mol. The molecule has 0 aliphatic rings. The second-order valence-corrected chi connectivity index (χ2v) is 6.65. The summed E-state index contributed by atoms with van der Waals surface area (Å²) in [7, 11) is 0. The number of halogens is 7. The van der Waals surface area contributed by atoms with Gasteiger partial charge in [-0.2, -0.15) is 13.2 Å². The number of nitrogens with zero attached hydrogens (tertiary/aromatic N) is 2. The molecule has 1 heterocycles. The van der Waals surface area contributed by atoms with Gasteiger partial charge in [-0.1, -0.05) is 23.7 Å². The van der Waals surface area contributed by atoms with Crippen molar-refractivity contribution in [2.75, 3.05) is 5.32 Å². The van der Waals surface area contributed by atoms with Crippen molar-refractivity contribution in [1.82, 2.24) is 9.55 Å². The van der Waals surface area contributed by atoms with E-state index in [0.717, 1.165) is 28.8 Å². The average molecular weight is 464 g/mol. The van der Waals surface area contributed by atoms with Crippen LogP contribution in [-0.4, -0.2) is 15.9 Å². The van der Waals surface area contributed by atoms with Gasteiger partial charge in [-0.25, -0.2) is 4.98 Å². The molecule has 164 valence electrons. The third-order valence-corrected chi connectivity index (χ3v) is 4.15. The van der Waals surface area contributed by atoms with E-state index in [1.807, 2.05) is 0 Å². The minimum absolute atomic E-state index is 0.0885. The van der Waals surface area contributed by atoms with Gasteiger partial charge < -0.3 is 10.1 Å². The topological polar surface area (TPSA) is 56.1 Å². The number of nitrogens with one attached hydrogen (secondary N) is 1. The molecule has 31 heavy (non-hydrogen) atoms. The standard InChI is InChI=1S/C19H12ClF6N3O2/c20-12-3-1-11(2-4-12)10-29-16(30)9-15(18(21,22)23)28-17(29)27-13-5-7-14(8-6-13)31-19(24,25)26/h1-9H,10H2,(H,27,28). The maximum atomic E-state index is 13.1. The molecule has 12 heteroatoms. The molecule has 0 atom stereocenters. The van der Waals surface area contributed by atoms with Crippen LogP contribution in [0.1, 0.15) is 11.3 Å². The van der Waals surface area contributed by atoms with Crippen LogP contribution in [0, 0.1) is 0 Å². The Morgan fingerprint density at radius 1 is 0.968 bits per heavy atom. The molecule has 1 aromatic heterocycles. The van der Waals surface area contributed by atoms with E-state index in [2.05, 4.69) is 15.0 Å². The number of alkyl halides is 6. The SMILES string of the molecule is O=c1cc(C(F)(F)F)nc(Nc2ccc(OC(F)(F)F)cc2)n1Cc1ccc(Cl)cc1. The van der Waals surface area contributed by atoms with Crippen LogP contribution in [0.15, 0.2) is 59.4 Å². The number of hydrogen-bond donors (Lipinski definition) is 1. The first-order chi connectivity index (χ1) is 14.4. The van der Waals surface area contributed by atoms with Crippen LogP contribution in [0.2, 0.25) is 5.02 Å². The van der Waals surface area contributed by atoms with Crippen molar-refractivity contribution in [2.24, 2.45) is 0 Å². The quantitative estimate of drug-likeness (QED) is 0.500. The van der Waals surface area contributed by atoms with Gasteiger partial charge in [0, 0.05) is 16.8 Å². The van der Waals surface area contributed by atoms with Gasteiger partial charge in [0.05, 0.1) is 6.54 Å². The number of rotatable bonds is 5. The Morgan fingerprint density at radius 3 is 2.13 bits per heavy atom. The zero-order valence-corrected chi connectivity index (χ0v) is 16.0. The van der Waals surface area contributed by atoms with Crippen LogP contribution in [0.3, 0.4) is 0 Å². The molecule has 1 N–H and O–H groups in total. The average Bonchev–Trinajstić information content (AvgIpc) is 2.65. The number of hydrogen-bond acceptors (Lipinski definition) is 4. The molecule has 0 aliphatic carbocycles. The highest BCUT2D eigenvalue weighted by Crippen LogP contribution is 2.29. The lowest BCUT2D eigenvalue weighted by molar-refractivity contribution is -0.274. The van der Waals surface area contributed by atoms with E-state index in [1.54, 1.807) is 24.3 Å². The molecule has 0 fully saturated rings. The summed E-state index contributed by atoms with van der Waals surface area (Å²) in [6.45, 7) is -0.126. The zero-order valence-electron chi connectivity index (χ0n) is 15.3. The summed E-state index contributed by atoms with van der Waals surface area (Å²) in [6, 6.07) is 10.8. The predicted octanol–water partition coefficient (Wildman–Crippen LogP) is 5.61. The monoisotopic (exact) mass is 463 g/mol. The Labute approximate surface area is 175 Å². The fourth-order valence-electron chi connectivity index (χ4n) is 2.54. The second-order valence-electron chi connectivity index (χ2n) is 6.21. The van der Waals surface area contributed by atoms with Crippen LogP contribution < -0.4 is 15.6 Å². The lowest BCUT2D eigenvalue weighted by Gasteiger charge is -2.16. The molecule has 3 aromatic rings. The summed E-state index contributed by atoms with van der Waals surface area (Å²) >= 11 is 5.81. The first-order valence-electron chi connectivity index (χ1n) is 8.47. The van der Waals surface area contributed by atoms with Crippen molar-refractivity contribution in [3.8, 4) is 5.75 Å². The highest BCUT2D eigenvalue weighted by Gasteiger charge is 2.34. The van der Waals surface area contributed by atoms with Crippen molar-refractivity contribution in [2.45, 2.75) is 19.1 Å². The van der Waals surface area contributed by atoms with E-state index in [4.69, 9.17) is 11.6 Å². The van der Waals surface area contributed by atoms with Crippen LogP contribution >= 0.6 is 11.6 Å². The number of benzene rings is 2. The Morgan fingerprint density at radius 2 is 1.58 bits per heavy atom. The van der Waals surface area contributed by atoms with Gasteiger partial charge in [-0.15, -0.1) is 13.2 Å². The Bertz CT molecular complexity index is 1110. The molecule has 0 spiro atoms. The van der Waals surface area contributed by atoms with E-state index in [1.165, 1.54) is 0 Å². The molecule has 0 amide bonds. The Kier molecular flexibility index (Phi) is 6.16. The maximum absolute atomic E-state index is 13.1. The number of anilines is 2. The second kappa shape index (κ2) is 8.50. The molecule has 0 saturated carbocycles. The van der Waals surface area contributed by atoms with Gasteiger partial charge in [0.1, 0.15) is 5.75 Å².